The molecule has 13 N–H and O–H groups in total. The van der Waals surface area contributed by atoms with Crippen LogP contribution in [0.4, 0.5) is 0 Å². The van der Waals surface area contributed by atoms with E-state index in [1.54, 1.807) is 20.8 Å². The van der Waals surface area contributed by atoms with Gasteiger partial charge in [-0.1, -0.05) is 66.2 Å². The summed E-state index contributed by atoms with van der Waals surface area (Å²) in [6, 6.07) is -1.11. The second-order valence-corrected chi connectivity index (χ2v) is 35.7. The Balaban J connectivity index is 1.34. The Morgan fingerprint density at radius 3 is 1.15 bits per heavy atom. The first-order valence-electron chi connectivity index (χ1n) is 36.8. The number of aliphatic hydroxyl groups excluding tert-OH is 9. The smallest absolute Gasteiger partial charge is 0.472 e. The van der Waals surface area contributed by atoms with Crippen molar-refractivity contribution in [3.05, 3.63) is 0 Å². The number of nitrogens with one attached hydrogen (secondary N) is 1. The van der Waals surface area contributed by atoms with Crippen molar-refractivity contribution in [3.8, 4) is 0 Å². The maximum Gasteiger partial charge on any atom is 0.472 e. The van der Waals surface area contributed by atoms with Crippen molar-refractivity contribution in [2.24, 2.45) is 17.3 Å². The van der Waals surface area contributed by atoms with E-state index in [0.717, 1.165) is 0 Å². The molecule has 0 aliphatic carbocycles. The van der Waals surface area contributed by atoms with Gasteiger partial charge in [-0.3, -0.25) is 36.5 Å². The summed E-state index contributed by atoms with van der Waals surface area (Å²) in [6.45, 7) is 3.01. The lowest BCUT2D eigenvalue weighted by molar-refractivity contribution is -0.282. The summed E-state index contributed by atoms with van der Waals surface area (Å²) < 4.78 is 170. The normalized spacial score (nSPS) is 31.2. The van der Waals surface area contributed by atoms with Gasteiger partial charge in [0.15, 0.2) is 18.9 Å². The SMILES string of the molecule is CC(=O)NC1[C@H](OCCCCCCOP(=O)(O)OCCCOCC(COCCCOP(=O)(O)OCCCCCCO[C@@H]2OC(CO)[C@H](O)[C@H](O)C2C)(COCCCOP(=O)(O)OCCCCCCO[C@@H]2OC(CO)[C@H](O)[C@H](O)C2C)COP(=O)([O-])OCC2O[C@@H](C)C[C@@H]2OP(=O)([O-])C(C)C)OC(CO)[C@H](O)[C@@H]1O. The molecular weight excluding hydrogens is 1550 g/mol. The monoisotopic (exact) mass is 1670 g/mol. The van der Waals surface area contributed by atoms with Gasteiger partial charge in [0.2, 0.25) is 5.91 Å². The third-order valence-electron chi connectivity index (χ3n) is 17.9. The summed E-state index contributed by atoms with van der Waals surface area (Å²) in [4.78, 5) is 69.5. The lowest BCUT2D eigenvalue weighted by Gasteiger charge is -2.42. The van der Waals surface area contributed by atoms with Gasteiger partial charge in [0, 0.05) is 70.5 Å². The number of aliphatic hydroxyl groups is 9. The minimum absolute atomic E-state index is 0.0250. The molecule has 4 aliphatic rings. The Bertz CT molecular complexity index is 2620. The molecule has 640 valence electrons. The zero-order valence-corrected chi connectivity index (χ0v) is 67.0. The average Bonchev–Trinajstić information content (AvgIpc) is 1.12. The Kier molecular flexibility index (Phi) is 47.5. The number of amides is 1. The lowest BCUT2D eigenvalue weighted by atomic mass is 9.92. The van der Waals surface area contributed by atoms with E-state index in [-0.39, 0.29) is 105 Å². The molecule has 108 heavy (non-hydrogen) atoms. The van der Waals surface area contributed by atoms with Crippen LogP contribution in [0.2, 0.25) is 0 Å². The second-order valence-electron chi connectivity index (χ2n) is 27.6. The van der Waals surface area contributed by atoms with Gasteiger partial charge in [0.1, 0.15) is 62.5 Å². The molecular formula is C63H122NO39P5-2. The molecule has 0 saturated carbocycles. The van der Waals surface area contributed by atoms with Crippen molar-refractivity contribution < 1.29 is 186 Å². The van der Waals surface area contributed by atoms with Crippen LogP contribution < -0.4 is 15.1 Å². The van der Waals surface area contributed by atoms with Crippen LogP contribution in [0, 0.1) is 17.3 Å². The van der Waals surface area contributed by atoms with E-state index in [9.17, 15) is 98.0 Å². The van der Waals surface area contributed by atoms with E-state index in [4.69, 9.17) is 88.1 Å². The third-order valence-corrected chi connectivity index (χ3v) is 23.7. The first-order chi connectivity index (χ1) is 51.0. The minimum Gasteiger partial charge on any atom is -0.778 e. The van der Waals surface area contributed by atoms with E-state index >= 15 is 0 Å². The van der Waals surface area contributed by atoms with Crippen molar-refractivity contribution in [1.82, 2.24) is 5.32 Å². The largest absolute Gasteiger partial charge is 0.778 e. The van der Waals surface area contributed by atoms with Gasteiger partial charge in [-0.05, 0) is 64.7 Å². The summed E-state index contributed by atoms with van der Waals surface area (Å²) in [5.74, 6) is -1.62. The highest BCUT2D eigenvalue weighted by molar-refractivity contribution is 7.52. The molecule has 4 fully saturated rings. The number of hydrogen-bond acceptors (Lipinski definition) is 36. The number of hydrogen-bond donors (Lipinski definition) is 13. The van der Waals surface area contributed by atoms with Crippen LogP contribution in [-0.2, 0) is 116 Å². The predicted molar refractivity (Wildman–Crippen MR) is 372 cm³/mol. The zero-order chi connectivity index (χ0) is 80.1. The summed E-state index contributed by atoms with van der Waals surface area (Å²) >= 11 is 0. The van der Waals surface area contributed by atoms with E-state index in [1.165, 1.54) is 20.8 Å². The molecule has 0 spiro atoms. The lowest BCUT2D eigenvalue weighted by Crippen LogP contribution is -2.64. The van der Waals surface area contributed by atoms with E-state index < -0.39 is 219 Å². The van der Waals surface area contributed by atoms with Crippen molar-refractivity contribution in [2.75, 3.05) is 132 Å². The van der Waals surface area contributed by atoms with Crippen LogP contribution >= 0.6 is 38.9 Å². The zero-order valence-electron chi connectivity index (χ0n) is 62.6. The van der Waals surface area contributed by atoms with Crippen molar-refractivity contribution >= 4 is 44.8 Å². The van der Waals surface area contributed by atoms with Gasteiger partial charge in [0.25, 0.3) is 7.82 Å². The average molecular weight is 1670 g/mol. The predicted octanol–water partition coefficient (Wildman–Crippen LogP) is 1.44. The highest BCUT2D eigenvalue weighted by Crippen LogP contribution is 2.49. The van der Waals surface area contributed by atoms with Crippen LogP contribution in [0.15, 0.2) is 0 Å². The molecule has 0 radical (unpaired) electrons. The number of carbonyl (C=O) groups is 1. The van der Waals surface area contributed by atoms with Crippen molar-refractivity contribution in [2.45, 2.75) is 248 Å². The number of unbranched alkanes of at least 4 members (excludes halogenated alkanes) is 9. The van der Waals surface area contributed by atoms with Crippen LogP contribution in [0.5, 0.6) is 0 Å². The van der Waals surface area contributed by atoms with Crippen LogP contribution in [0.3, 0.4) is 0 Å². The number of rotatable bonds is 61. The van der Waals surface area contributed by atoms with Gasteiger partial charge in [-0.15, -0.1) is 0 Å². The fourth-order valence-electron chi connectivity index (χ4n) is 11.4. The Morgan fingerprint density at radius 2 is 0.787 bits per heavy atom. The van der Waals surface area contributed by atoms with E-state index in [0.29, 0.717) is 77.0 Å². The molecule has 4 saturated heterocycles. The van der Waals surface area contributed by atoms with Gasteiger partial charge >= 0.3 is 23.5 Å². The molecule has 0 aromatic heterocycles. The van der Waals surface area contributed by atoms with Crippen LogP contribution in [0.25, 0.3) is 0 Å². The fraction of sp³-hybridized carbons (Fsp3) is 0.984. The molecule has 40 nitrogen and oxygen atoms in total. The maximum absolute atomic E-state index is 13.6. The second kappa shape index (κ2) is 51.5. The van der Waals surface area contributed by atoms with Crippen molar-refractivity contribution in [3.63, 3.8) is 0 Å². The number of ether oxygens (including phenoxy) is 10. The summed E-state index contributed by atoms with van der Waals surface area (Å²) in [5.41, 5.74) is -2.51. The van der Waals surface area contributed by atoms with E-state index in [2.05, 4.69) is 5.32 Å². The van der Waals surface area contributed by atoms with Gasteiger partial charge < -0.3 is 141 Å². The van der Waals surface area contributed by atoms with Gasteiger partial charge in [-0.25, -0.2) is 13.7 Å². The molecule has 45 heteroatoms. The molecule has 1 amide bonds. The topological polar surface area (TPSA) is 579 Å². The summed E-state index contributed by atoms with van der Waals surface area (Å²) in [7, 11) is -23.5. The Labute approximate surface area is 631 Å². The quantitative estimate of drug-likeness (QED) is 0.0303. The number of carbonyl (C=O) groups excluding carboxylic acids is 1. The maximum atomic E-state index is 13.6. The molecule has 0 aromatic rings. The summed E-state index contributed by atoms with van der Waals surface area (Å²) in [6.07, 6.45) is -10.5. The van der Waals surface area contributed by atoms with E-state index in [1.807, 2.05) is 0 Å². The minimum atomic E-state index is -5.35. The summed E-state index contributed by atoms with van der Waals surface area (Å²) in [5, 5.41) is 92.5. The third kappa shape index (κ3) is 37.7. The molecule has 0 bridgehead atoms. The Hall–Kier alpha value is -0.700. The van der Waals surface area contributed by atoms with Gasteiger partial charge in [0.05, 0.1) is 122 Å². The molecule has 4 heterocycles. The van der Waals surface area contributed by atoms with Crippen molar-refractivity contribution in [1.29, 1.82) is 0 Å². The van der Waals surface area contributed by atoms with Gasteiger partial charge in [-0.2, -0.15) is 0 Å². The standard InChI is InChI=1S/C63H124NO39P5/c1-43(2)104(75,76)103-48-34-44(3)99-52(48)38-97-108(83,84)98-42-63(39-85-22-19-31-94-105(77,78)91-28-16-10-7-13-25-88-60-45(4)54(69)56(71)49(35-65)100-60,40-86-23-20-32-95-106(79,80)92-29-17-11-8-14-26-89-61-46(5)55(70)57(72)50(36-66)101-61)41-87-24-21-33-96-107(81,82)93-30-18-12-9-15-27-90-62-53(64-47(6)68)59(74)58(73)51(37-67)102-62/h43-46,48-62,65-67,69-74H,7-42H2,1-6H3,(H,64,68)(H,75,76)(H,77,78)(H,79,80)(H,81,82)(H,83,84)/p-2/t44-,45?,46?,48-,49?,50?,51?,52?,53?,54+,55+,56-,57-,58-,59+,60+,61+,62+,63?/m0/s1. The first kappa shape index (κ1) is 99.7. The molecule has 12 unspecified atom stereocenters. The fourth-order valence-corrected chi connectivity index (χ4v) is 15.5. The highest BCUT2D eigenvalue weighted by atomic mass is 31.2. The first-order valence-corrected chi connectivity index (χ1v) is 44.4. The molecule has 4 rings (SSSR count). The molecule has 0 aromatic carbocycles. The molecule has 4 aliphatic heterocycles. The molecule has 23 atom stereocenters. The van der Waals surface area contributed by atoms with Crippen LogP contribution in [-0.4, -0.2) is 303 Å². The number of phosphoric acid groups is 4. The highest BCUT2D eigenvalue weighted by Gasteiger charge is 2.47. The Morgan fingerprint density at radius 1 is 0.444 bits per heavy atom. The number of phosphoric ester groups is 4. The van der Waals surface area contributed by atoms with Crippen LogP contribution in [0.1, 0.15) is 144 Å².